The van der Waals surface area contributed by atoms with Gasteiger partial charge in [-0.15, -0.1) is 0 Å². The van der Waals surface area contributed by atoms with E-state index < -0.39 is 0 Å². The van der Waals surface area contributed by atoms with Gasteiger partial charge in [-0.25, -0.2) is 4.68 Å². The van der Waals surface area contributed by atoms with Gasteiger partial charge in [-0.05, 0) is 48.9 Å². The zero-order valence-corrected chi connectivity index (χ0v) is 19.4. The number of amides is 1. The second kappa shape index (κ2) is 7.73. The fraction of sp³-hybridized carbons (Fsp3) is 0.296. The summed E-state index contributed by atoms with van der Waals surface area (Å²) in [5.41, 5.74) is 5.89. The molecule has 0 saturated carbocycles. The number of carbonyl (C=O) groups excluding carboxylic acids is 2. The highest BCUT2D eigenvalue weighted by Gasteiger charge is 2.42. The highest BCUT2D eigenvalue weighted by atomic mass is 16.1. The van der Waals surface area contributed by atoms with Gasteiger partial charge in [0.25, 0.3) is 5.91 Å². The summed E-state index contributed by atoms with van der Waals surface area (Å²) in [6.45, 7) is 8.24. The lowest BCUT2D eigenvalue weighted by molar-refractivity contribution is -0.118. The van der Waals surface area contributed by atoms with Gasteiger partial charge in [0, 0.05) is 23.4 Å². The second-order valence-corrected chi connectivity index (χ2v) is 9.95. The smallest absolute Gasteiger partial charge is 0.261 e. The number of aromatic nitrogens is 2. The molecule has 3 aromatic rings. The number of anilines is 2. The van der Waals surface area contributed by atoms with Crippen molar-refractivity contribution >= 4 is 23.2 Å². The van der Waals surface area contributed by atoms with Crippen LogP contribution >= 0.6 is 0 Å². The number of allylic oxidation sites excluding steroid dienone is 2. The number of ketones is 1. The Hall–Kier alpha value is -3.67. The number of nitrogens with zero attached hydrogens (tertiary/aromatic N) is 2. The number of benzene rings is 2. The maximum Gasteiger partial charge on any atom is 0.261 e. The van der Waals surface area contributed by atoms with Crippen LogP contribution in [0, 0.1) is 19.3 Å². The predicted molar refractivity (Wildman–Crippen MR) is 129 cm³/mol. The molecule has 6 nitrogen and oxygen atoms in total. The fourth-order valence-electron chi connectivity index (χ4n) is 4.86. The van der Waals surface area contributed by atoms with Crippen LogP contribution in [0.15, 0.2) is 66.0 Å². The van der Waals surface area contributed by atoms with Crippen molar-refractivity contribution in [2.45, 2.75) is 46.6 Å². The van der Waals surface area contributed by atoms with Crippen LogP contribution in [-0.4, -0.2) is 21.5 Å². The van der Waals surface area contributed by atoms with Crippen molar-refractivity contribution in [2.24, 2.45) is 5.41 Å². The summed E-state index contributed by atoms with van der Waals surface area (Å²) in [4.78, 5) is 26.5. The molecule has 1 aliphatic heterocycles. The first kappa shape index (κ1) is 21.2. The van der Waals surface area contributed by atoms with Gasteiger partial charge >= 0.3 is 0 Å². The Morgan fingerprint density at radius 1 is 1.09 bits per heavy atom. The molecule has 0 spiro atoms. The highest BCUT2D eigenvalue weighted by molar-refractivity contribution is 6.08. The van der Waals surface area contributed by atoms with Gasteiger partial charge in [0.15, 0.2) is 5.78 Å². The molecule has 0 radical (unpaired) electrons. The molecule has 168 valence electrons. The Labute approximate surface area is 193 Å². The molecule has 6 heteroatoms. The largest absolute Gasteiger partial charge is 0.343 e. The molecule has 2 aliphatic rings. The summed E-state index contributed by atoms with van der Waals surface area (Å²) in [5.74, 6) is 0.517. The second-order valence-electron chi connectivity index (χ2n) is 9.95. The third-order valence-corrected chi connectivity index (χ3v) is 6.42. The molecule has 0 fully saturated rings. The summed E-state index contributed by atoms with van der Waals surface area (Å²) in [7, 11) is 0. The lowest BCUT2D eigenvalue weighted by atomic mass is 9.73. The average Bonchev–Trinajstić information content (AvgIpc) is 3.16. The first-order chi connectivity index (χ1) is 15.7. The molecule has 1 atom stereocenters. The van der Waals surface area contributed by atoms with Crippen LogP contribution in [-0.2, 0) is 4.79 Å². The number of carbonyl (C=O) groups is 2. The van der Waals surface area contributed by atoms with Gasteiger partial charge in [0.05, 0.1) is 6.20 Å². The van der Waals surface area contributed by atoms with Crippen molar-refractivity contribution in [1.29, 1.82) is 0 Å². The molecule has 0 unspecified atom stereocenters. The molecule has 33 heavy (non-hydrogen) atoms. The van der Waals surface area contributed by atoms with Crippen molar-refractivity contribution < 1.29 is 9.59 Å². The summed E-state index contributed by atoms with van der Waals surface area (Å²) in [6.07, 6.45) is 2.82. The van der Waals surface area contributed by atoms with Crippen molar-refractivity contribution in [2.75, 3.05) is 10.6 Å². The topological polar surface area (TPSA) is 76.0 Å². The molecular formula is C27H28N4O2. The molecule has 1 amide bonds. The number of nitrogens with one attached hydrogen (secondary N) is 2. The number of Topliss-reactive ketones (excluding diaryl/α,β-unsaturated/α-hetero) is 1. The highest BCUT2D eigenvalue weighted by Crippen LogP contribution is 2.46. The van der Waals surface area contributed by atoms with Crippen LogP contribution in [0.25, 0.3) is 0 Å². The van der Waals surface area contributed by atoms with Gasteiger partial charge < -0.3 is 10.6 Å². The van der Waals surface area contributed by atoms with E-state index in [9.17, 15) is 9.59 Å². The van der Waals surface area contributed by atoms with Crippen molar-refractivity contribution in [3.63, 3.8) is 0 Å². The van der Waals surface area contributed by atoms with Crippen LogP contribution in [0.3, 0.4) is 0 Å². The van der Waals surface area contributed by atoms with Gasteiger partial charge in [-0.1, -0.05) is 55.8 Å². The van der Waals surface area contributed by atoms with E-state index in [0.29, 0.717) is 17.8 Å². The molecule has 1 aliphatic carbocycles. The molecule has 5 rings (SSSR count). The Balaban J connectivity index is 1.59. The average molecular weight is 441 g/mol. The van der Waals surface area contributed by atoms with E-state index in [1.165, 1.54) is 0 Å². The third-order valence-electron chi connectivity index (χ3n) is 6.42. The standard InChI is InChI=1S/C27H28N4O2/c1-16-8-10-18(11-9-16)24-23-21(13-27(3,4)14-22(23)32)30-25-20(15-28-31(24)25)26(33)29-19-7-5-6-17(2)12-19/h5-12,15,24,30H,13-14H2,1-4H3,(H,29,33)/t24-/m0/s1. The fourth-order valence-corrected chi connectivity index (χ4v) is 4.86. The Morgan fingerprint density at radius 3 is 2.58 bits per heavy atom. The van der Waals surface area contributed by atoms with Crippen LogP contribution in [0.1, 0.15) is 59.8 Å². The van der Waals surface area contributed by atoms with Crippen molar-refractivity contribution in [1.82, 2.24) is 9.78 Å². The van der Waals surface area contributed by atoms with E-state index in [2.05, 4.69) is 29.6 Å². The third kappa shape index (κ3) is 3.86. The monoisotopic (exact) mass is 440 g/mol. The number of hydrogen-bond donors (Lipinski definition) is 2. The molecule has 0 saturated heterocycles. The Bertz CT molecular complexity index is 1300. The van der Waals surface area contributed by atoms with Gasteiger partial charge in [-0.2, -0.15) is 5.10 Å². The first-order valence-electron chi connectivity index (χ1n) is 11.3. The quantitative estimate of drug-likeness (QED) is 0.571. The summed E-state index contributed by atoms with van der Waals surface area (Å²) >= 11 is 0. The van der Waals surface area contributed by atoms with Crippen LogP contribution in [0.4, 0.5) is 11.5 Å². The summed E-state index contributed by atoms with van der Waals surface area (Å²) in [6, 6.07) is 15.5. The maximum atomic E-state index is 13.3. The minimum atomic E-state index is -0.360. The maximum absolute atomic E-state index is 13.3. The SMILES string of the molecule is Cc1ccc([C@H]2C3=C(CC(C)(C)CC3=O)Nc3c(C(=O)Nc4cccc(C)c4)cnn32)cc1. The lowest BCUT2D eigenvalue weighted by Gasteiger charge is -2.39. The van der Waals surface area contributed by atoms with Gasteiger partial charge in [-0.3, -0.25) is 9.59 Å². The number of fused-ring (bicyclic) bond motifs is 1. The minimum absolute atomic E-state index is 0.131. The molecule has 0 bridgehead atoms. The predicted octanol–water partition coefficient (Wildman–Crippen LogP) is 5.41. The van der Waals surface area contributed by atoms with E-state index in [-0.39, 0.29) is 23.1 Å². The van der Waals surface area contributed by atoms with Crippen LogP contribution in [0.5, 0.6) is 0 Å². The zero-order valence-electron chi connectivity index (χ0n) is 19.4. The van der Waals surface area contributed by atoms with Crippen molar-refractivity contribution in [3.05, 3.63) is 88.3 Å². The van der Waals surface area contributed by atoms with Crippen LogP contribution in [0.2, 0.25) is 0 Å². The normalized spacial score (nSPS) is 18.9. The van der Waals surface area contributed by atoms with E-state index in [1.54, 1.807) is 10.9 Å². The summed E-state index contributed by atoms with van der Waals surface area (Å²) in [5, 5.41) is 11.0. The summed E-state index contributed by atoms with van der Waals surface area (Å²) < 4.78 is 1.78. The Morgan fingerprint density at radius 2 is 1.85 bits per heavy atom. The first-order valence-corrected chi connectivity index (χ1v) is 11.3. The van der Waals surface area contributed by atoms with E-state index in [1.807, 2.05) is 62.4 Å². The molecule has 2 heterocycles. The van der Waals surface area contributed by atoms with E-state index >= 15 is 0 Å². The van der Waals surface area contributed by atoms with Crippen LogP contribution < -0.4 is 10.6 Å². The molecule has 2 aromatic carbocycles. The van der Waals surface area contributed by atoms with E-state index in [4.69, 9.17) is 0 Å². The number of rotatable bonds is 3. The Kier molecular flexibility index (Phi) is 4.96. The number of hydrogen-bond acceptors (Lipinski definition) is 4. The molecular weight excluding hydrogens is 412 g/mol. The zero-order chi connectivity index (χ0) is 23.3. The van der Waals surface area contributed by atoms with E-state index in [0.717, 1.165) is 40.1 Å². The van der Waals surface area contributed by atoms with Gasteiger partial charge in [0.2, 0.25) is 0 Å². The lowest BCUT2D eigenvalue weighted by Crippen LogP contribution is -2.37. The van der Waals surface area contributed by atoms with Gasteiger partial charge in [0.1, 0.15) is 17.4 Å². The minimum Gasteiger partial charge on any atom is -0.343 e. The van der Waals surface area contributed by atoms with Crippen molar-refractivity contribution in [3.8, 4) is 0 Å². The molecule has 2 N–H and O–H groups in total. The number of aryl methyl sites for hydroxylation is 2. The molecule has 1 aromatic heterocycles.